The van der Waals surface area contributed by atoms with E-state index >= 15 is 0 Å². The lowest BCUT2D eigenvalue weighted by Crippen LogP contribution is -2.32. The molecule has 2 amide bonds. The van der Waals surface area contributed by atoms with Gasteiger partial charge in [-0.2, -0.15) is 0 Å². The number of benzene rings is 2. The molecule has 0 saturated carbocycles. The van der Waals surface area contributed by atoms with E-state index in [1.54, 1.807) is 11.8 Å². The van der Waals surface area contributed by atoms with E-state index in [0.29, 0.717) is 12.5 Å². The van der Waals surface area contributed by atoms with Crippen molar-refractivity contribution in [1.82, 2.24) is 5.32 Å². The number of nitrogens with one attached hydrogen (secondary N) is 2. The van der Waals surface area contributed by atoms with Gasteiger partial charge < -0.3 is 10.6 Å². The summed E-state index contributed by atoms with van der Waals surface area (Å²) in [6, 6.07) is 15.6. The fraction of sp³-hybridized carbons (Fsp3) is 0.316. The third-order valence-corrected chi connectivity index (χ3v) is 5.17. The zero-order valence-corrected chi connectivity index (χ0v) is 15.6. The molecule has 0 spiro atoms. The van der Waals surface area contributed by atoms with Gasteiger partial charge in [0.15, 0.2) is 0 Å². The molecule has 0 aliphatic heterocycles. The first-order valence-corrected chi connectivity index (χ1v) is 9.45. The number of rotatable bonds is 7. The SMILES string of the molecule is CCc1ccc(NC(=O)NC[C@@H](C)CSc2ccc(Cl)cc2)cc1. The molecular weight excluding hydrogens is 340 g/mol. The Kier molecular flexibility index (Phi) is 7.47. The van der Waals surface area contributed by atoms with Crippen molar-refractivity contribution in [3.63, 3.8) is 0 Å². The van der Waals surface area contributed by atoms with Crippen LogP contribution < -0.4 is 10.6 Å². The van der Waals surface area contributed by atoms with Crippen molar-refractivity contribution in [3.05, 3.63) is 59.1 Å². The zero-order valence-electron chi connectivity index (χ0n) is 14.0. The second kappa shape index (κ2) is 9.60. The Hall–Kier alpha value is -1.65. The van der Waals surface area contributed by atoms with Crippen LogP contribution in [0.2, 0.25) is 5.02 Å². The highest BCUT2D eigenvalue weighted by molar-refractivity contribution is 7.99. The molecule has 3 nitrogen and oxygen atoms in total. The Morgan fingerprint density at radius 2 is 1.79 bits per heavy atom. The number of anilines is 1. The van der Waals surface area contributed by atoms with E-state index in [1.807, 2.05) is 48.5 Å². The fourth-order valence-corrected chi connectivity index (χ4v) is 3.14. The summed E-state index contributed by atoms with van der Waals surface area (Å²) in [4.78, 5) is 13.1. The minimum atomic E-state index is -0.164. The first-order valence-electron chi connectivity index (χ1n) is 8.09. The lowest BCUT2D eigenvalue weighted by molar-refractivity contribution is 0.251. The van der Waals surface area contributed by atoms with Crippen molar-refractivity contribution in [2.45, 2.75) is 25.2 Å². The van der Waals surface area contributed by atoms with Crippen LogP contribution in [0.3, 0.4) is 0 Å². The minimum absolute atomic E-state index is 0.164. The van der Waals surface area contributed by atoms with Crippen LogP contribution in [-0.2, 0) is 6.42 Å². The molecule has 0 radical (unpaired) electrons. The van der Waals surface area contributed by atoms with Gasteiger partial charge >= 0.3 is 6.03 Å². The van der Waals surface area contributed by atoms with Crippen LogP contribution in [-0.4, -0.2) is 18.3 Å². The Labute approximate surface area is 153 Å². The average molecular weight is 363 g/mol. The summed E-state index contributed by atoms with van der Waals surface area (Å²) in [6.07, 6.45) is 0.995. The fourth-order valence-electron chi connectivity index (χ4n) is 2.09. The van der Waals surface area contributed by atoms with Gasteiger partial charge in [-0.05, 0) is 54.3 Å². The van der Waals surface area contributed by atoms with E-state index in [9.17, 15) is 4.79 Å². The van der Waals surface area contributed by atoms with E-state index in [0.717, 1.165) is 22.9 Å². The Balaban J connectivity index is 1.69. The van der Waals surface area contributed by atoms with Crippen LogP contribution >= 0.6 is 23.4 Å². The van der Waals surface area contributed by atoms with Gasteiger partial charge in [0.1, 0.15) is 0 Å². The number of thioether (sulfide) groups is 1. The smallest absolute Gasteiger partial charge is 0.319 e. The summed E-state index contributed by atoms with van der Waals surface area (Å²) in [5.41, 5.74) is 2.07. The molecule has 1 atom stereocenters. The maximum absolute atomic E-state index is 11.9. The summed E-state index contributed by atoms with van der Waals surface area (Å²) in [7, 11) is 0. The summed E-state index contributed by atoms with van der Waals surface area (Å²) < 4.78 is 0. The largest absolute Gasteiger partial charge is 0.338 e. The number of urea groups is 1. The number of hydrogen-bond acceptors (Lipinski definition) is 2. The predicted octanol–water partition coefficient (Wildman–Crippen LogP) is 5.45. The lowest BCUT2D eigenvalue weighted by atomic mass is 10.1. The minimum Gasteiger partial charge on any atom is -0.338 e. The van der Waals surface area contributed by atoms with Gasteiger partial charge in [-0.25, -0.2) is 4.79 Å². The topological polar surface area (TPSA) is 41.1 Å². The molecule has 2 aromatic carbocycles. The van der Waals surface area contributed by atoms with Crippen LogP contribution in [0.15, 0.2) is 53.4 Å². The van der Waals surface area contributed by atoms with E-state index < -0.39 is 0 Å². The second-order valence-corrected chi connectivity index (χ2v) is 7.29. The Morgan fingerprint density at radius 3 is 2.42 bits per heavy atom. The molecule has 128 valence electrons. The highest BCUT2D eigenvalue weighted by atomic mass is 35.5. The van der Waals surface area contributed by atoms with Crippen molar-refractivity contribution < 1.29 is 4.79 Å². The third kappa shape index (κ3) is 6.46. The van der Waals surface area contributed by atoms with E-state index in [1.165, 1.54) is 10.5 Å². The van der Waals surface area contributed by atoms with Gasteiger partial charge in [-0.15, -0.1) is 11.8 Å². The van der Waals surface area contributed by atoms with Crippen LogP contribution in [0.25, 0.3) is 0 Å². The molecule has 5 heteroatoms. The van der Waals surface area contributed by atoms with E-state index in [4.69, 9.17) is 11.6 Å². The van der Waals surface area contributed by atoms with Crippen molar-refractivity contribution in [1.29, 1.82) is 0 Å². The number of halogens is 1. The number of aryl methyl sites for hydroxylation is 1. The third-order valence-electron chi connectivity index (χ3n) is 3.58. The molecule has 0 aliphatic rings. The molecule has 0 aliphatic carbocycles. The Bertz CT molecular complexity index is 643. The monoisotopic (exact) mass is 362 g/mol. The molecule has 24 heavy (non-hydrogen) atoms. The highest BCUT2D eigenvalue weighted by Gasteiger charge is 2.07. The normalized spacial score (nSPS) is 11.8. The molecular formula is C19H23ClN2OS. The Morgan fingerprint density at radius 1 is 1.12 bits per heavy atom. The first kappa shape index (κ1) is 18.7. The second-order valence-electron chi connectivity index (χ2n) is 5.76. The summed E-state index contributed by atoms with van der Waals surface area (Å²) in [5, 5.41) is 6.53. The van der Waals surface area contributed by atoms with Crippen molar-refractivity contribution in [2.75, 3.05) is 17.6 Å². The molecule has 0 bridgehead atoms. The molecule has 2 aromatic rings. The van der Waals surface area contributed by atoms with Crippen molar-refractivity contribution >= 4 is 35.1 Å². The van der Waals surface area contributed by atoms with Gasteiger partial charge in [0.05, 0.1) is 0 Å². The van der Waals surface area contributed by atoms with Crippen molar-refractivity contribution in [3.8, 4) is 0 Å². The first-order chi connectivity index (χ1) is 11.6. The molecule has 0 unspecified atom stereocenters. The summed E-state index contributed by atoms with van der Waals surface area (Å²) in [6.45, 7) is 4.87. The van der Waals surface area contributed by atoms with Gasteiger partial charge in [0, 0.05) is 27.9 Å². The number of amides is 2. The maximum atomic E-state index is 11.9. The van der Waals surface area contributed by atoms with Gasteiger partial charge in [-0.1, -0.05) is 37.6 Å². The van der Waals surface area contributed by atoms with E-state index in [-0.39, 0.29) is 6.03 Å². The molecule has 0 heterocycles. The lowest BCUT2D eigenvalue weighted by Gasteiger charge is -2.13. The summed E-state index contributed by atoms with van der Waals surface area (Å²) in [5.74, 6) is 1.31. The van der Waals surface area contributed by atoms with E-state index in [2.05, 4.69) is 24.5 Å². The van der Waals surface area contributed by atoms with Gasteiger partial charge in [0.25, 0.3) is 0 Å². The number of carbonyl (C=O) groups excluding carboxylic acids is 1. The van der Waals surface area contributed by atoms with Crippen molar-refractivity contribution in [2.24, 2.45) is 5.92 Å². The highest BCUT2D eigenvalue weighted by Crippen LogP contribution is 2.22. The number of carbonyl (C=O) groups is 1. The predicted molar refractivity (Wildman–Crippen MR) is 104 cm³/mol. The van der Waals surface area contributed by atoms with Crippen LogP contribution in [0.1, 0.15) is 19.4 Å². The van der Waals surface area contributed by atoms with Crippen LogP contribution in [0.4, 0.5) is 10.5 Å². The summed E-state index contributed by atoms with van der Waals surface area (Å²) >= 11 is 7.65. The van der Waals surface area contributed by atoms with Gasteiger partial charge in [0.2, 0.25) is 0 Å². The average Bonchev–Trinajstić information content (AvgIpc) is 2.60. The zero-order chi connectivity index (χ0) is 17.4. The molecule has 2 rings (SSSR count). The molecule has 0 fully saturated rings. The quantitative estimate of drug-likeness (QED) is 0.643. The molecule has 2 N–H and O–H groups in total. The standard InChI is InChI=1S/C19H23ClN2OS/c1-3-15-4-8-17(9-5-15)22-19(23)21-12-14(2)13-24-18-10-6-16(20)7-11-18/h4-11,14H,3,12-13H2,1-2H3,(H2,21,22,23)/t14-/m1/s1. The number of hydrogen-bond donors (Lipinski definition) is 2. The maximum Gasteiger partial charge on any atom is 0.319 e. The van der Waals surface area contributed by atoms with Crippen LogP contribution in [0.5, 0.6) is 0 Å². The van der Waals surface area contributed by atoms with Crippen LogP contribution in [0, 0.1) is 5.92 Å². The molecule has 0 saturated heterocycles. The molecule has 0 aromatic heterocycles. The van der Waals surface area contributed by atoms with Gasteiger partial charge in [-0.3, -0.25) is 0 Å².